The van der Waals surface area contributed by atoms with E-state index < -0.39 is 29.8 Å². The lowest BCUT2D eigenvalue weighted by Crippen LogP contribution is -2.57. The number of carbonyl (C=O) groups is 4. The first-order chi connectivity index (χ1) is 19.2. The summed E-state index contributed by atoms with van der Waals surface area (Å²) in [4.78, 5) is 58.3. The van der Waals surface area contributed by atoms with Crippen LogP contribution >= 0.6 is 0 Å². The van der Waals surface area contributed by atoms with Gasteiger partial charge in [-0.1, -0.05) is 26.0 Å². The molecule has 0 radical (unpaired) electrons. The van der Waals surface area contributed by atoms with E-state index in [0.717, 1.165) is 5.56 Å². The fourth-order valence-corrected chi connectivity index (χ4v) is 4.89. The number of ether oxygens (including phenoxy) is 2. The van der Waals surface area contributed by atoms with Gasteiger partial charge in [0, 0.05) is 52.8 Å². The summed E-state index contributed by atoms with van der Waals surface area (Å²) in [5, 5.41) is 14.9. The number of aliphatic hydroxyl groups excluding tert-OH is 1. The first-order valence-electron chi connectivity index (χ1n) is 13.9. The standard InChI is InChI=1S/C28H43N5O7/c1-20(2)16-23-28(38)33(13-15-39-3)18-25(35)29-24(27(37)32-10-8-31(9-11-32)12-14-34)17-21-4-6-22(7-5-21)40-19-26(36)30-23/h4-7,20,23-24,34H,8-19H2,1-3H3,(H,29,35)(H,30,36)/t23-,24+/m0/s1. The Morgan fingerprint density at radius 1 is 1.05 bits per heavy atom. The predicted molar refractivity (Wildman–Crippen MR) is 148 cm³/mol. The van der Waals surface area contributed by atoms with Crippen molar-refractivity contribution in [1.29, 1.82) is 0 Å². The number of nitrogens with one attached hydrogen (secondary N) is 2. The van der Waals surface area contributed by atoms with Gasteiger partial charge in [-0.2, -0.15) is 0 Å². The van der Waals surface area contributed by atoms with E-state index >= 15 is 0 Å². The molecule has 1 saturated heterocycles. The molecule has 12 nitrogen and oxygen atoms in total. The van der Waals surface area contributed by atoms with Gasteiger partial charge >= 0.3 is 0 Å². The Labute approximate surface area is 235 Å². The van der Waals surface area contributed by atoms with Crippen LogP contribution < -0.4 is 15.4 Å². The highest BCUT2D eigenvalue weighted by Crippen LogP contribution is 2.16. The molecule has 2 bridgehead atoms. The summed E-state index contributed by atoms with van der Waals surface area (Å²) in [5.41, 5.74) is 0.811. The van der Waals surface area contributed by atoms with E-state index in [9.17, 15) is 24.3 Å². The maximum Gasteiger partial charge on any atom is 0.258 e. The molecule has 3 N–H and O–H groups in total. The highest BCUT2D eigenvalue weighted by molar-refractivity contribution is 5.93. The molecule has 40 heavy (non-hydrogen) atoms. The third-order valence-corrected chi connectivity index (χ3v) is 7.02. The van der Waals surface area contributed by atoms with Crippen LogP contribution in [0.4, 0.5) is 0 Å². The molecule has 1 aromatic rings. The Balaban J connectivity index is 1.86. The highest BCUT2D eigenvalue weighted by Gasteiger charge is 2.32. The van der Waals surface area contributed by atoms with Crippen molar-refractivity contribution in [2.45, 2.75) is 38.8 Å². The molecule has 0 saturated carbocycles. The Kier molecular flexibility index (Phi) is 12.2. The topological polar surface area (TPSA) is 141 Å². The zero-order chi connectivity index (χ0) is 29.1. The molecule has 0 unspecified atom stereocenters. The molecule has 3 aliphatic heterocycles. The van der Waals surface area contributed by atoms with Gasteiger partial charge in [-0.05, 0) is 30.0 Å². The fourth-order valence-electron chi connectivity index (χ4n) is 4.89. The first-order valence-corrected chi connectivity index (χ1v) is 13.9. The molecule has 1 fully saturated rings. The van der Waals surface area contributed by atoms with Gasteiger partial charge in [0.05, 0.1) is 19.8 Å². The number of piperazine rings is 1. The second-order valence-corrected chi connectivity index (χ2v) is 10.6. The average molecular weight is 562 g/mol. The number of rotatable bonds is 8. The summed E-state index contributed by atoms with van der Waals surface area (Å²) in [6.45, 7) is 6.59. The molecule has 2 atom stereocenters. The monoisotopic (exact) mass is 561 g/mol. The smallest absolute Gasteiger partial charge is 0.258 e. The summed E-state index contributed by atoms with van der Waals surface area (Å²) >= 11 is 0. The van der Waals surface area contributed by atoms with Crippen LogP contribution in [0.1, 0.15) is 25.8 Å². The number of nitrogens with zero attached hydrogens (tertiary/aromatic N) is 3. The van der Waals surface area contributed by atoms with Crippen LogP contribution in [0.2, 0.25) is 0 Å². The molecule has 4 amide bonds. The molecular formula is C28H43N5O7. The van der Waals surface area contributed by atoms with Gasteiger partial charge in [0.1, 0.15) is 17.8 Å². The summed E-state index contributed by atoms with van der Waals surface area (Å²) in [6.07, 6.45) is 0.637. The minimum atomic E-state index is -0.844. The van der Waals surface area contributed by atoms with E-state index in [1.165, 1.54) is 12.0 Å². The second-order valence-electron chi connectivity index (χ2n) is 10.6. The molecule has 0 aromatic heterocycles. The van der Waals surface area contributed by atoms with Crippen LogP contribution in [0, 0.1) is 5.92 Å². The number of hydrogen-bond acceptors (Lipinski definition) is 8. The maximum absolute atomic E-state index is 13.6. The van der Waals surface area contributed by atoms with Crippen molar-refractivity contribution in [2.24, 2.45) is 5.92 Å². The van der Waals surface area contributed by atoms with E-state index in [1.54, 1.807) is 29.2 Å². The van der Waals surface area contributed by atoms with Crippen LogP contribution in [-0.4, -0.2) is 128 Å². The van der Waals surface area contributed by atoms with Gasteiger partial charge in [0.2, 0.25) is 17.7 Å². The summed E-state index contributed by atoms with van der Waals surface area (Å²) in [6, 6.07) is 5.37. The Hall–Kier alpha value is -3.22. The van der Waals surface area contributed by atoms with Crippen molar-refractivity contribution >= 4 is 23.6 Å². The van der Waals surface area contributed by atoms with Gasteiger partial charge in [-0.15, -0.1) is 0 Å². The molecule has 4 rings (SSSR count). The third-order valence-electron chi connectivity index (χ3n) is 7.02. The van der Waals surface area contributed by atoms with E-state index in [2.05, 4.69) is 15.5 Å². The van der Waals surface area contributed by atoms with Crippen molar-refractivity contribution in [2.75, 3.05) is 72.7 Å². The van der Waals surface area contributed by atoms with Crippen LogP contribution in [0.3, 0.4) is 0 Å². The molecule has 12 heteroatoms. The van der Waals surface area contributed by atoms with Crippen molar-refractivity contribution in [1.82, 2.24) is 25.3 Å². The molecule has 0 aliphatic carbocycles. The van der Waals surface area contributed by atoms with Crippen molar-refractivity contribution in [3.8, 4) is 5.75 Å². The number of hydrogen-bond donors (Lipinski definition) is 3. The Morgan fingerprint density at radius 2 is 1.75 bits per heavy atom. The van der Waals surface area contributed by atoms with E-state index in [4.69, 9.17) is 9.47 Å². The number of methoxy groups -OCH3 is 1. The minimum absolute atomic E-state index is 0.0618. The largest absolute Gasteiger partial charge is 0.484 e. The minimum Gasteiger partial charge on any atom is -0.484 e. The number of β-amino-alcohol motifs (C(OH)–C–C–N with tert-alkyl or cyclic N) is 1. The van der Waals surface area contributed by atoms with Crippen LogP contribution in [-0.2, 0) is 30.3 Å². The second kappa shape index (κ2) is 15.5. The van der Waals surface area contributed by atoms with Crippen LogP contribution in [0.5, 0.6) is 5.75 Å². The van der Waals surface area contributed by atoms with Crippen LogP contribution in [0.15, 0.2) is 24.3 Å². The summed E-state index contributed by atoms with van der Waals surface area (Å²) in [7, 11) is 1.51. The molecular weight excluding hydrogens is 518 g/mol. The maximum atomic E-state index is 13.6. The SMILES string of the molecule is COCCN1CC(=O)N[C@@H](C(=O)N2CCN(CCO)CC2)Cc2ccc(cc2)OCC(=O)N[C@@H](CC(C)C)C1=O. The molecule has 3 aliphatic rings. The molecule has 222 valence electrons. The van der Waals surface area contributed by atoms with Crippen molar-refractivity contribution in [3.05, 3.63) is 29.8 Å². The quantitative estimate of drug-likeness (QED) is 0.352. The average Bonchev–Trinajstić information content (AvgIpc) is 2.93. The fraction of sp³-hybridized carbons (Fsp3) is 0.643. The number of fused-ring (bicyclic) bond motifs is 13. The Bertz CT molecular complexity index is 995. The van der Waals surface area contributed by atoms with Gasteiger partial charge in [0.15, 0.2) is 6.61 Å². The van der Waals surface area contributed by atoms with E-state index in [1.807, 2.05) is 13.8 Å². The highest BCUT2D eigenvalue weighted by atomic mass is 16.5. The zero-order valence-corrected chi connectivity index (χ0v) is 23.8. The van der Waals surface area contributed by atoms with Gasteiger partial charge in [-0.25, -0.2) is 0 Å². The predicted octanol–water partition coefficient (Wildman–Crippen LogP) is -0.751. The third kappa shape index (κ3) is 9.46. The lowest BCUT2D eigenvalue weighted by Gasteiger charge is -2.36. The van der Waals surface area contributed by atoms with Crippen molar-refractivity contribution < 1.29 is 33.8 Å². The lowest BCUT2D eigenvalue weighted by atomic mass is 10.0. The van der Waals surface area contributed by atoms with Gasteiger partial charge in [0.25, 0.3) is 5.91 Å². The number of amides is 4. The van der Waals surface area contributed by atoms with E-state index in [0.29, 0.717) is 44.9 Å². The zero-order valence-electron chi connectivity index (χ0n) is 23.8. The summed E-state index contributed by atoms with van der Waals surface area (Å²) in [5.74, 6) is -0.914. The van der Waals surface area contributed by atoms with E-state index in [-0.39, 0.29) is 51.2 Å². The molecule has 0 spiro atoms. The lowest BCUT2D eigenvalue weighted by molar-refractivity contribution is -0.142. The normalized spacial score (nSPS) is 21.8. The number of carbonyl (C=O) groups excluding carboxylic acids is 4. The van der Waals surface area contributed by atoms with Crippen molar-refractivity contribution in [3.63, 3.8) is 0 Å². The number of aliphatic hydroxyl groups is 1. The van der Waals surface area contributed by atoms with Gasteiger partial charge < -0.3 is 35.0 Å². The molecule has 1 aromatic carbocycles. The summed E-state index contributed by atoms with van der Waals surface area (Å²) < 4.78 is 10.8. The Morgan fingerprint density at radius 3 is 2.38 bits per heavy atom. The van der Waals surface area contributed by atoms with Crippen LogP contribution in [0.25, 0.3) is 0 Å². The van der Waals surface area contributed by atoms with Gasteiger partial charge in [-0.3, -0.25) is 24.1 Å². The molecule has 3 heterocycles. The first kappa shape index (κ1) is 31.3. The number of benzene rings is 1.